The van der Waals surface area contributed by atoms with Crippen LogP contribution in [0.15, 0.2) is 58.2 Å². The Kier molecular flexibility index (Phi) is 6.41. The number of H-pyrrole nitrogens is 1. The lowest BCUT2D eigenvalue weighted by Gasteiger charge is -2.26. The highest BCUT2D eigenvalue weighted by Gasteiger charge is 2.27. The molecule has 33 heavy (non-hydrogen) atoms. The summed E-state index contributed by atoms with van der Waals surface area (Å²) in [6.45, 7) is 0.958. The first kappa shape index (κ1) is 22.5. The molecule has 170 valence electrons. The molecule has 1 aliphatic heterocycles. The fourth-order valence-electron chi connectivity index (χ4n) is 3.49. The van der Waals surface area contributed by atoms with Gasteiger partial charge in [0.05, 0.1) is 23.7 Å². The number of nitrogens with one attached hydrogen (secondary N) is 2. The van der Waals surface area contributed by atoms with Gasteiger partial charge in [-0.1, -0.05) is 6.07 Å². The Balaban J connectivity index is 1.70. The van der Waals surface area contributed by atoms with Crippen LogP contribution >= 0.6 is 0 Å². The van der Waals surface area contributed by atoms with Gasteiger partial charge in [-0.05, 0) is 30.3 Å². The Morgan fingerprint density at radius 2 is 1.97 bits per heavy atom. The first-order valence-corrected chi connectivity index (χ1v) is 11.5. The molecule has 0 saturated carbocycles. The van der Waals surface area contributed by atoms with E-state index in [9.17, 15) is 18.0 Å². The zero-order valence-corrected chi connectivity index (χ0v) is 18.2. The van der Waals surface area contributed by atoms with E-state index in [1.54, 1.807) is 24.3 Å². The summed E-state index contributed by atoms with van der Waals surface area (Å²) in [6.07, 6.45) is 0. The normalized spacial score (nSPS) is 14.5. The summed E-state index contributed by atoms with van der Waals surface area (Å²) < 4.78 is 37.9. The molecule has 0 bridgehead atoms. The average Bonchev–Trinajstić information content (AvgIpc) is 2.82. The number of hydrogen-bond acceptors (Lipinski definition) is 7. The molecule has 1 aliphatic rings. The number of hydrogen-bond donors (Lipinski definition) is 2. The quantitative estimate of drug-likeness (QED) is 0.561. The lowest BCUT2D eigenvalue weighted by Crippen LogP contribution is -2.40. The highest BCUT2D eigenvalue weighted by atomic mass is 32.2. The largest absolute Gasteiger partial charge is 0.479 e. The van der Waals surface area contributed by atoms with Crippen LogP contribution in [0.2, 0.25) is 0 Å². The van der Waals surface area contributed by atoms with Crippen molar-refractivity contribution in [2.24, 2.45) is 0 Å². The second-order valence-electron chi connectivity index (χ2n) is 7.20. The summed E-state index contributed by atoms with van der Waals surface area (Å²) in [6, 6.07) is 13.7. The molecule has 4 rings (SSSR count). The monoisotopic (exact) mass is 468 g/mol. The maximum Gasteiger partial charge on any atom is 0.256 e. The van der Waals surface area contributed by atoms with Crippen molar-refractivity contribution in [2.75, 3.05) is 38.2 Å². The molecule has 1 fully saturated rings. The molecule has 0 unspecified atom stereocenters. The number of carbonyl (C=O) groups excluding carboxylic acids is 1. The number of aromatic nitrogens is 1. The van der Waals surface area contributed by atoms with E-state index in [1.165, 1.54) is 22.5 Å². The first-order chi connectivity index (χ1) is 15.9. The number of sulfonamides is 1. The van der Waals surface area contributed by atoms with Gasteiger partial charge in [-0.2, -0.15) is 9.57 Å². The number of morpholine rings is 1. The predicted octanol–water partition coefficient (Wildman–Crippen LogP) is 1.70. The number of aromatic amines is 1. The SMILES string of the molecule is N#CCOc1cccc(NC(=O)c2cc(=O)[nH]c3ccc(S(=O)(=O)N4CCOCC4)cc23)c1. The number of anilines is 1. The number of nitriles is 1. The van der Waals surface area contributed by atoms with Crippen molar-refractivity contribution in [1.82, 2.24) is 9.29 Å². The van der Waals surface area contributed by atoms with E-state index < -0.39 is 21.5 Å². The van der Waals surface area contributed by atoms with Crippen LogP contribution in [-0.2, 0) is 14.8 Å². The molecule has 1 amide bonds. The van der Waals surface area contributed by atoms with Crippen molar-refractivity contribution in [3.63, 3.8) is 0 Å². The van der Waals surface area contributed by atoms with Crippen LogP contribution in [-0.4, -0.2) is 56.5 Å². The number of rotatable bonds is 6. The molecule has 0 spiro atoms. The minimum absolute atomic E-state index is 0.0184. The molecule has 0 atom stereocenters. The fraction of sp³-hybridized carbons (Fsp3) is 0.227. The Morgan fingerprint density at radius 3 is 2.73 bits per heavy atom. The van der Waals surface area contributed by atoms with E-state index >= 15 is 0 Å². The summed E-state index contributed by atoms with van der Waals surface area (Å²) in [7, 11) is -3.79. The lowest BCUT2D eigenvalue weighted by molar-refractivity contribution is 0.0730. The maximum absolute atomic E-state index is 13.1. The highest BCUT2D eigenvalue weighted by Crippen LogP contribution is 2.25. The van der Waals surface area contributed by atoms with Gasteiger partial charge in [0, 0.05) is 41.8 Å². The van der Waals surface area contributed by atoms with Gasteiger partial charge in [0.2, 0.25) is 15.6 Å². The van der Waals surface area contributed by atoms with Crippen molar-refractivity contribution < 1.29 is 22.7 Å². The van der Waals surface area contributed by atoms with Gasteiger partial charge in [0.1, 0.15) is 11.8 Å². The molecule has 1 aromatic heterocycles. The van der Waals surface area contributed by atoms with Gasteiger partial charge in [-0.15, -0.1) is 0 Å². The molecule has 2 N–H and O–H groups in total. The van der Waals surface area contributed by atoms with Gasteiger partial charge in [0.25, 0.3) is 5.91 Å². The summed E-state index contributed by atoms with van der Waals surface area (Å²) in [4.78, 5) is 27.8. The van der Waals surface area contributed by atoms with Gasteiger partial charge >= 0.3 is 0 Å². The van der Waals surface area contributed by atoms with Crippen LogP contribution in [0.3, 0.4) is 0 Å². The Bertz CT molecular complexity index is 1400. The smallest absolute Gasteiger partial charge is 0.256 e. The topological polar surface area (TPSA) is 142 Å². The van der Waals surface area contributed by atoms with Crippen molar-refractivity contribution >= 4 is 32.5 Å². The number of pyridine rings is 1. The zero-order valence-electron chi connectivity index (χ0n) is 17.4. The molecule has 1 saturated heterocycles. The Hall–Kier alpha value is -3.72. The highest BCUT2D eigenvalue weighted by molar-refractivity contribution is 7.89. The molecular weight excluding hydrogens is 448 g/mol. The van der Waals surface area contributed by atoms with Crippen LogP contribution in [0.25, 0.3) is 10.9 Å². The molecule has 2 heterocycles. The van der Waals surface area contributed by atoms with Crippen molar-refractivity contribution in [3.05, 3.63) is 64.4 Å². The molecule has 2 aromatic carbocycles. The first-order valence-electron chi connectivity index (χ1n) is 10.0. The van der Waals surface area contributed by atoms with E-state index in [1.807, 2.05) is 6.07 Å². The standard InChI is InChI=1S/C22H20N4O6S/c23-6-9-32-16-3-1-2-15(12-16)24-22(28)19-14-21(27)25-20-5-4-17(13-18(19)20)33(29,30)26-7-10-31-11-8-26/h1-5,12-14H,7-11H2,(H,24,28)(H,25,27). The van der Waals surface area contributed by atoms with E-state index in [-0.39, 0.29) is 30.2 Å². The molecule has 0 aliphatic carbocycles. The molecule has 0 radical (unpaired) electrons. The van der Waals surface area contributed by atoms with Crippen molar-refractivity contribution in [1.29, 1.82) is 5.26 Å². The van der Waals surface area contributed by atoms with Gasteiger partial charge in [-0.3, -0.25) is 9.59 Å². The second-order valence-corrected chi connectivity index (χ2v) is 9.14. The zero-order chi connectivity index (χ0) is 23.4. The number of fused-ring (bicyclic) bond motifs is 1. The summed E-state index contributed by atoms with van der Waals surface area (Å²) >= 11 is 0. The van der Waals surface area contributed by atoms with Gasteiger partial charge < -0.3 is 19.8 Å². The third-order valence-electron chi connectivity index (χ3n) is 5.06. The minimum Gasteiger partial charge on any atom is -0.479 e. The van der Waals surface area contributed by atoms with Gasteiger partial charge in [-0.25, -0.2) is 8.42 Å². The summed E-state index contributed by atoms with van der Waals surface area (Å²) in [5.74, 6) is -0.200. The van der Waals surface area contributed by atoms with Crippen LogP contribution in [0.5, 0.6) is 5.75 Å². The third-order valence-corrected chi connectivity index (χ3v) is 6.96. The van der Waals surface area contributed by atoms with Crippen molar-refractivity contribution in [3.8, 4) is 11.8 Å². The van der Waals surface area contributed by atoms with E-state index in [0.717, 1.165) is 6.07 Å². The van der Waals surface area contributed by atoms with E-state index in [0.29, 0.717) is 35.6 Å². The average molecular weight is 468 g/mol. The van der Waals surface area contributed by atoms with Crippen LogP contribution in [0, 0.1) is 11.3 Å². The Morgan fingerprint density at radius 1 is 1.18 bits per heavy atom. The number of benzene rings is 2. The van der Waals surface area contributed by atoms with Crippen LogP contribution in [0.4, 0.5) is 5.69 Å². The molecule has 3 aromatic rings. The van der Waals surface area contributed by atoms with Crippen LogP contribution in [0.1, 0.15) is 10.4 Å². The predicted molar refractivity (Wildman–Crippen MR) is 120 cm³/mol. The number of nitrogens with zero attached hydrogens (tertiary/aromatic N) is 2. The summed E-state index contributed by atoms with van der Waals surface area (Å²) in [5.41, 5.74) is 0.249. The number of ether oxygens (including phenoxy) is 2. The van der Waals surface area contributed by atoms with Gasteiger partial charge in [0.15, 0.2) is 6.61 Å². The number of amides is 1. The Labute approximate surface area is 189 Å². The summed E-state index contributed by atoms with van der Waals surface area (Å²) in [5, 5.41) is 11.6. The van der Waals surface area contributed by atoms with Crippen molar-refractivity contribution in [2.45, 2.75) is 4.90 Å². The lowest BCUT2D eigenvalue weighted by atomic mass is 10.1. The molecule has 10 nitrogen and oxygen atoms in total. The molecule has 11 heteroatoms. The fourth-order valence-corrected chi connectivity index (χ4v) is 4.93. The second kappa shape index (κ2) is 9.41. The minimum atomic E-state index is -3.79. The van der Waals surface area contributed by atoms with E-state index in [2.05, 4.69) is 10.3 Å². The van der Waals surface area contributed by atoms with Crippen LogP contribution < -0.4 is 15.6 Å². The van der Waals surface area contributed by atoms with E-state index in [4.69, 9.17) is 14.7 Å². The molecular formula is C22H20N4O6S. The number of carbonyl (C=O) groups is 1. The maximum atomic E-state index is 13.1. The third kappa shape index (κ3) is 4.88.